The molecule has 10 nitrogen and oxygen atoms in total. The van der Waals surface area contributed by atoms with Gasteiger partial charge in [-0.1, -0.05) is 0 Å². The minimum atomic E-state index is -3.74. The van der Waals surface area contributed by atoms with Crippen LogP contribution in [0.5, 0.6) is 0 Å². The molecule has 0 spiro atoms. The van der Waals surface area contributed by atoms with E-state index in [9.17, 15) is 18.5 Å². The van der Waals surface area contributed by atoms with Crippen molar-refractivity contribution >= 4 is 37.7 Å². The summed E-state index contributed by atoms with van der Waals surface area (Å²) in [6.45, 7) is 6.32. The third-order valence-electron chi connectivity index (χ3n) is 5.95. The average molecular weight is 510 g/mol. The number of sulfonamides is 1. The number of methoxy groups -OCH3 is 1. The van der Waals surface area contributed by atoms with Gasteiger partial charge in [-0.05, 0) is 50.6 Å². The van der Waals surface area contributed by atoms with E-state index in [0.29, 0.717) is 35.0 Å². The Bertz CT molecular complexity index is 1610. The molecule has 0 amide bonds. The van der Waals surface area contributed by atoms with E-state index < -0.39 is 15.6 Å². The van der Waals surface area contributed by atoms with E-state index >= 15 is 0 Å². The highest BCUT2D eigenvalue weighted by Crippen LogP contribution is 2.30. The van der Waals surface area contributed by atoms with Gasteiger partial charge >= 0.3 is 5.63 Å². The first kappa shape index (κ1) is 25.4. The Labute approximate surface area is 208 Å². The molecule has 188 valence electrons. The number of ether oxygens (including phenoxy) is 1. The van der Waals surface area contributed by atoms with Crippen LogP contribution >= 0.6 is 0 Å². The van der Waals surface area contributed by atoms with E-state index in [-0.39, 0.29) is 28.4 Å². The highest BCUT2D eigenvalue weighted by Gasteiger charge is 2.21. The number of aromatic amines is 1. The fourth-order valence-electron chi connectivity index (χ4n) is 4.09. The molecule has 0 saturated heterocycles. The number of H-pyrrole nitrogens is 1. The van der Waals surface area contributed by atoms with Gasteiger partial charge in [-0.25, -0.2) is 22.9 Å². The summed E-state index contributed by atoms with van der Waals surface area (Å²) >= 11 is 0. The summed E-state index contributed by atoms with van der Waals surface area (Å²) in [5.41, 5.74) is 1.49. The van der Waals surface area contributed by atoms with Crippen LogP contribution in [0.4, 0.5) is 5.69 Å². The van der Waals surface area contributed by atoms with Gasteiger partial charge in [-0.15, -0.1) is 0 Å². The maximum absolute atomic E-state index is 13.0. The summed E-state index contributed by atoms with van der Waals surface area (Å²) in [6, 6.07) is 11.9. The predicted octanol–water partition coefficient (Wildman–Crippen LogP) is 3.37. The average Bonchev–Trinajstić information content (AvgIpc) is 3.29. The molecule has 2 aromatic carbocycles. The second kappa shape index (κ2) is 10.5. The van der Waals surface area contributed by atoms with Crippen molar-refractivity contribution in [3.8, 4) is 17.5 Å². The monoisotopic (exact) mass is 509 g/mol. The lowest BCUT2D eigenvalue weighted by Crippen LogP contribution is -2.25. The number of hydrogen-bond donors (Lipinski definition) is 2. The lowest BCUT2D eigenvalue weighted by molar-refractivity contribution is 0.196. The smallest absolute Gasteiger partial charge is 0.348 e. The number of nitrogens with zero attached hydrogens (tertiary/aromatic N) is 3. The molecular formula is C25H27N5O5S. The summed E-state index contributed by atoms with van der Waals surface area (Å²) in [5, 5.41) is 10.4. The maximum Gasteiger partial charge on any atom is 0.348 e. The quantitative estimate of drug-likeness (QED) is 0.245. The van der Waals surface area contributed by atoms with Crippen molar-refractivity contribution in [1.82, 2.24) is 14.7 Å². The van der Waals surface area contributed by atoms with Crippen molar-refractivity contribution in [2.24, 2.45) is 0 Å². The molecular weight excluding hydrogens is 482 g/mol. The number of anilines is 1. The number of hydrogen-bond acceptors (Lipinski definition) is 8. The fourth-order valence-corrected chi connectivity index (χ4v) is 5.19. The highest BCUT2D eigenvalue weighted by molar-refractivity contribution is 7.89. The zero-order chi connectivity index (χ0) is 25.9. The van der Waals surface area contributed by atoms with Crippen LogP contribution in [0, 0.1) is 11.3 Å². The molecule has 2 N–H and O–H groups in total. The van der Waals surface area contributed by atoms with Crippen LogP contribution in [0.3, 0.4) is 0 Å². The summed E-state index contributed by atoms with van der Waals surface area (Å²) in [7, 11) is -2.19. The molecule has 4 aromatic rings. The van der Waals surface area contributed by atoms with E-state index in [2.05, 4.69) is 25.7 Å². The van der Waals surface area contributed by atoms with E-state index in [0.717, 1.165) is 18.8 Å². The summed E-state index contributed by atoms with van der Waals surface area (Å²) in [5.74, 6) is 0.132. The molecule has 0 atom stereocenters. The summed E-state index contributed by atoms with van der Waals surface area (Å²) in [6.07, 6.45) is 0.539. The van der Waals surface area contributed by atoms with Gasteiger partial charge in [0.25, 0.3) is 0 Å². The van der Waals surface area contributed by atoms with Crippen LogP contribution < -0.4 is 15.2 Å². The molecule has 0 radical (unpaired) electrons. The van der Waals surface area contributed by atoms with E-state index in [1.807, 2.05) is 19.9 Å². The molecule has 0 aliphatic carbocycles. The first-order valence-corrected chi connectivity index (χ1v) is 13.1. The van der Waals surface area contributed by atoms with Gasteiger partial charge in [0.1, 0.15) is 23.0 Å². The minimum absolute atomic E-state index is 0.00103. The number of nitriles is 1. The number of rotatable bonds is 10. The molecule has 0 saturated carbocycles. The van der Waals surface area contributed by atoms with Gasteiger partial charge in [0.2, 0.25) is 10.0 Å². The Morgan fingerprint density at radius 1 is 1.19 bits per heavy atom. The number of nitrogens with one attached hydrogen (secondary N) is 2. The molecule has 0 unspecified atom stereocenters. The van der Waals surface area contributed by atoms with Gasteiger partial charge in [0, 0.05) is 50.5 Å². The largest absolute Gasteiger partial charge is 0.422 e. The Morgan fingerprint density at radius 2 is 1.97 bits per heavy atom. The van der Waals surface area contributed by atoms with Gasteiger partial charge in [-0.3, -0.25) is 0 Å². The SMILES string of the molecule is CCN(CC)c1ccc2c(C#N)c(-c3nc4ccc(S(=O)(=O)NCCCOC)cc4[nH]3)c(=O)oc2c1. The third kappa shape index (κ3) is 4.83. The van der Waals surface area contributed by atoms with Crippen LogP contribution in [0.1, 0.15) is 25.8 Å². The van der Waals surface area contributed by atoms with Gasteiger partial charge in [0.05, 0.1) is 21.5 Å². The Morgan fingerprint density at radius 3 is 2.67 bits per heavy atom. The summed E-state index contributed by atoms with van der Waals surface area (Å²) in [4.78, 5) is 22.6. The van der Waals surface area contributed by atoms with Gasteiger partial charge in [0.15, 0.2) is 0 Å². The minimum Gasteiger partial charge on any atom is -0.422 e. The van der Waals surface area contributed by atoms with Crippen molar-refractivity contribution in [3.05, 3.63) is 52.4 Å². The first-order chi connectivity index (χ1) is 17.3. The third-order valence-corrected chi connectivity index (χ3v) is 7.41. The van der Waals surface area contributed by atoms with E-state index in [1.54, 1.807) is 25.3 Å². The molecule has 4 rings (SSSR count). The fraction of sp³-hybridized carbons (Fsp3) is 0.320. The molecule has 2 heterocycles. The van der Waals surface area contributed by atoms with Crippen molar-refractivity contribution < 1.29 is 17.6 Å². The van der Waals surface area contributed by atoms with Crippen LogP contribution in [-0.4, -0.2) is 51.7 Å². The molecule has 0 aliphatic rings. The second-order valence-electron chi connectivity index (χ2n) is 8.11. The van der Waals surface area contributed by atoms with Gasteiger partial charge in [-0.2, -0.15) is 5.26 Å². The van der Waals surface area contributed by atoms with Crippen LogP contribution in [-0.2, 0) is 14.8 Å². The van der Waals surface area contributed by atoms with Crippen molar-refractivity contribution in [2.75, 3.05) is 38.3 Å². The van der Waals surface area contributed by atoms with Gasteiger partial charge < -0.3 is 19.0 Å². The lowest BCUT2D eigenvalue weighted by atomic mass is 10.0. The molecule has 0 bridgehead atoms. The number of fused-ring (bicyclic) bond motifs is 2. The van der Waals surface area contributed by atoms with E-state index in [4.69, 9.17) is 9.15 Å². The zero-order valence-corrected chi connectivity index (χ0v) is 21.1. The Balaban J connectivity index is 1.76. The Hall–Kier alpha value is -3.72. The summed E-state index contributed by atoms with van der Waals surface area (Å²) < 4.78 is 38.3. The normalized spacial score (nSPS) is 11.7. The molecule has 0 fully saturated rings. The topological polar surface area (TPSA) is 141 Å². The predicted molar refractivity (Wildman–Crippen MR) is 138 cm³/mol. The molecule has 11 heteroatoms. The first-order valence-electron chi connectivity index (χ1n) is 11.6. The van der Waals surface area contributed by atoms with Crippen molar-refractivity contribution in [3.63, 3.8) is 0 Å². The Kier molecular flexibility index (Phi) is 7.40. The highest BCUT2D eigenvalue weighted by atomic mass is 32.2. The van der Waals surface area contributed by atoms with Crippen LogP contribution in [0.2, 0.25) is 0 Å². The molecule has 36 heavy (non-hydrogen) atoms. The maximum atomic E-state index is 13.0. The zero-order valence-electron chi connectivity index (χ0n) is 20.3. The second-order valence-corrected chi connectivity index (χ2v) is 9.88. The van der Waals surface area contributed by atoms with Crippen LogP contribution in [0.15, 0.2) is 50.5 Å². The molecule has 0 aliphatic heterocycles. The number of imidazole rings is 1. The van der Waals surface area contributed by atoms with Crippen molar-refractivity contribution in [1.29, 1.82) is 5.26 Å². The van der Waals surface area contributed by atoms with Crippen LogP contribution in [0.25, 0.3) is 33.4 Å². The van der Waals surface area contributed by atoms with E-state index in [1.165, 1.54) is 12.1 Å². The molecule has 2 aromatic heterocycles. The standard InChI is InChI=1S/C25H27N5O5S/c1-4-30(5-2)16-7-9-18-19(15-26)23(25(31)35-22(18)13-16)24-28-20-10-8-17(14-21(20)29-24)36(32,33)27-11-6-12-34-3/h7-10,13-14,27H,4-6,11-12H2,1-3H3,(H,28,29). The number of benzene rings is 2. The van der Waals surface area contributed by atoms with Crippen molar-refractivity contribution in [2.45, 2.75) is 25.2 Å². The number of aromatic nitrogens is 2. The lowest BCUT2D eigenvalue weighted by Gasteiger charge is -2.21.